The zero-order valence-electron chi connectivity index (χ0n) is 24.4. The van der Waals surface area contributed by atoms with Gasteiger partial charge in [0.1, 0.15) is 0 Å². The Kier molecular flexibility index (Phi) is 8.28. The average Bonchev–Trinajstić information content (AvgIpc) is 3.71. The quantitative estimate of drug-likeness (QED) is 0.190. The molecular weight excluding hydrogens is 560 g/mol. The summed E-state index contributed by atoms with van der Waals surface area (Å²) in [6.45, 7) is 1.82. The molecule has 5 atom stereocenters. The Bertz CT molecular complexity index is 1590. The van der Waals surface area contributed by atoms with Gasteiger partial charge >= 0.3 is 11.9 Å². The van der Waals surface area contributed by atoms with E-state index in [1.54, 1.807) is 36.4 Å². The van der Waals surface area contributed by atoms with Crippen LogP contribution >= 0.6 is 0 Å². The number of rotatable bonds is 10. The zero-order chi connectivity index (χ0) is 30.8. The van der Waals surface area contributed by atoms with E-state index < -0.39 is 24.5 Å². The predicted octanol–water partition coefficient (Wildman–Crippen LogP) is 5.37. The number of hydrogen-bond acceptors (Lipinski definition) is 7. The Morgan fingerprint density at radius 1 is 0.818 bits per heavy atom. The van der Waals surface area contributed by atoms with E-state index in [1.807, 2.05) is 25.1 Å². The molecule has 3 aromatic carbocycles. The van der Waals surface area contributed by atoms with E-state index in [4.69, 9.17) is 9.47 Å². The van der Waals surface area contributed by atoms with Gasteiger partial charge in [0.25, 0.3) is 5.91 Å². The molecule has 226 valence electrons. The van der Waals surface area contributed by atoms with Crippen LogP contribution in [-0.2, 0) is 23.9 Å². The van der Waals surface area contributed by atoms with Gasteiger partial charge in [0.2, 0.25) is 11.8 Å². The first-order valence-corrected chi connectivity index (χ1v) is 15.1. The second kappa shape index (κ2) is 12.4. The molecule has 0 aromatic heterocycles. The molecule has 3 aromatic rings. The summed E-state index contributed by atoms with van der Waals surface area (Å²) in [7, 11) is 0. The van der Waals surface area contributed by atoms with Crippen molar-refractivity contribution in [1.82, 2.24) is 0 Å². The van der Waals surface area contributed by atoms with E-state index in [1.165, 1.54) is 22.6 Å². The van der Waals surface area contributed by atoms with Gasteiger partial charge in [0.15, 0.2) is 6.61 Å². The molecular formula is C35H34N2O7. The molecule has 9 nitrogen and oxygen atoms in total. The topological polar surface area (TPSA) is 119 Å². The van der Waals surface area contributed by atoms with Crippen molar-refractivity contribution in [3.8, 4) is 0 Å². The van der Waals surface area contributed by atoms with Gasteiger partial charge in [-0.1, -0.05) is 49.7 Å². The summed E-state index contributed by atoms with van der Waals surface area (Å²) in [5.41, 5.74) is 2.47. The third-order valence-electron chi connectivity index (χ3n) is 9.05. The van der Waals surface area contributed by atoms with E-state index >= 15 is 0 Å². The van der Waals surface area contributed by atoms with Crippen molar-refractivity contribution in [3.05, 3.63) is 95.6 Å². The second-order valence-electron chi connectivity index (χ2n) is 11.7. The number of hydrogen-bond donors (Lipinski definition) is 1. The number of nitrogens with one attached hydrogen (secondary N) is 1. The first-order valence-electron chi connectivity index (χ1n) is 15.1. The number of ether oxygens (including phenoxy) is 2. The van der Waals surface area contributed by atoms with Crippen molar-refractivity contribution in [2.24, 2.45) is 23.7 Å². The zero-order valence-corrected chi connectivity index (χ0v) is 24.4. The minimum absolute atomic E-state index is 0.122. The highest BCUT2D eigenvalue weighted by molar-refractivity contribution is 6.23. The molecule has 3 fully saturated rings. The van der Waals surface area contributed by atoms with Crippen LogP contribution in [0.15, 0.2) is 78.9 Å². The number of fused-ring (bicyclic) bond motifs is 5. The Morgan fingerprint density at radius 2 is 1.55 bits per heavy atom. The van der Waals surface area contributed by atoms with Gasteiger partial charge in [-0.15, -0.1) is 0 Å². The molecule has 9 heteroatoms. The first-order chi connectivity index (χ1) is 21.4. The Hall–Kier alpha value is -4.79. The summed E-state index contributed by atoms with van der Waals surface area (Å²) in [6.07, 6.45) is 3.48. The lowest BCUT2D eigenvalue weighted by Crippen LogP contribution is -2.33. The maximum atomic E-state index is 13.7. The van der Waals surface area contributed by atoms with Crippen molar-refractivity contribution in [2.45, 2.75) is 38.5 Å². The monoisotopic (exact) mass is 594 g/mol. The van der Waals surface area contributed by atoms with Crippen molar-refractivity contribution in [1.29, 1.82) is 0 Å². The molecule has 1 N–H and O–H groups in total. The van der Waals surface area contributed by atoms with E-state index in [0.29, 0.717) is 23.5 Å². The van der Waals surface area contributed by atoms with Crippen LogP contribution < -0.4 is 10.2 Å². The number of anilines is 2. The minimum Gasteiger partial charge on any atom is -0.462 e. The molecule has 1 heterocycles. The van der Waals surface area contributed by atoms with Crippen LogP contribution in [0.4, 0.5) is 11.4 Å². The van der Waals surface area contributed by atoms with Crippen LogP contribution in [0, 0.1) is 23.7 Å². The van der Waals surface area contributed by atoms with Crippen molar-refractivity contribution in [3.63, 3.8) is 0 Å². The number of unbranched alkanes of at least 4 members (excludes halogenated alkanes) is 1. The number of esters is 2. The number of imide groups is 1. The summed E-state index contributed by atoms with van der Waals surface area (Å²) in [4.78, 5) is 65.7. The van der Waals surface area contributed by atoms with Gasteiger partial charge in [-0.2, -0.15) is 0 Å². The fourth-order valence-electron chi connectivity index (χ4n) is 7.06. The van der Waals surface area contributed by atoms with E-state index in [9.17, 15) is 24.0 Å². The van der Waals surface area contributed by atoms with Crippen LogP contribution in [0.5, 0.6) is 0 Å². The van der Waals surface area contributed by atoms with Gasteiger partial charge in [-0.3, -0.25) is 19.3 Å². The van der Waals surface area contributed by atoms with Crippen LogP contribution in [0.1, 0.15) is 64.8 Å². The Labute approximate surface area is 255 Å². The highest BCUT2D eigenvalue weighted by Crippen LogP contribution is 2.61. The van der Waals surface area contributed by atoms with E-state index in [-0.39, 0.29) is 47.0 Å². The number of amides is 3. The highest BCUT2D eigenvalue weighted by Gasteiger charge is 2.64. The summed E-state index contributed by atoms with van der Waals surface area (Å²) in [5.74, 6) is -2.30. The fraction of sp³-hybridized carbons (Fsp3) is 0.343. The molecule has 0 radical (unpaired) electrons. The third kappa shape index (κ3) is 5.62. The molecule has 1 aliphatic heterocycles. The van der Waals surface area contributed by atoms with Crippen LogP contribution in [-0.4, -0.2) is 42.9 Å². The van der Waals surface area contributed by atoms with Crippen molar-refractivity contribution in [2.75, 3.05) is 23.4 Å². The van der Waals surface area contributed by atoms with E-state index in [2.05, 4.69) is 17.4 Å². The standard InChI is InChI=1S/C35H34N2O7/c1-2-3-16-43-34(41)22-12-14-25(15-13-22)36-29(38)20-44-35(42)23-10-7-11-26(17-23)37-32(39)30-24-18-27(21-8-5-4-6-9-21)28(19-24)31(30)33(37)40/h4-15,17,24,27-28,30-31H,2-3,16,18-20H2,1H3,(H,36,38)/t24-,27-,28+,30+,31-/m0/s1. The van der Waals surface area contributed by atoms with Crippen LogP contribution in [0.2, 0.25) is 0 Å². The summed E-state index contributed by atoms with van der Waals surface area (Å²) in [6, 6.07) is 22.6. The first kappa shape index (κ1) is 29.3. The van der Waals surface area contributed by atoms with Crippen molar-refractivity contribution < 1.29 is 33.4 Å². The number of benzene rings is 3. The molecule has 3 amide bonds. The molecule has 0 unspecified atom stereocenters. The molecule has 6 rings (SSSR count). The number of nitrogens with zero attached hydrogens (tertiary/aromatic N) is 1. The summed E-state index contributed by atoms with van der Waals surface area (Å²) < 4.78 is 10.4. The number of carbonyl (C=O) groups is 5. The lowest BCUT2D eigenvalue weighted by molar-refractivity contribution is -0.123. The summed E-state index contributed by atoms with van der Waals surface area (Å²) >= 11 is 0. The Balaban J connectivity index is 1.06. The SMILES string of the molecule is CCCCOC(=O)c1ccc(NC(=O)COC(=O)c2cccc(N3C(=O)[C@@H]4[C@@H]5C[C@@H]([C@@H]4C3=O)[C@H](c3ccccc3)C5)c2)cc1. The van der Waals surface area contributed by atoms with Gasteiger partial charge in [0.05, 0.1) is 35.3 Å². The van der Waals surface area contributed by atoms with Gasteiger partial charge < -0.3 is 14.8 Å². The van der Waals surface area contributed by atoms with Crippen LogP contribution in [0.25, 0.3) is 0 Å². The Morgan fingerprint density at radius 3 is 2.30 bits per heavy atom. The molecule has 0 spiro atoms. The normalized spacial score (nSPS) is 23.4. The lowest BCUT2D eigenvalue weighted by atomic mass is 9.73. The summed E-state index contributed by atoms with van der Waals surface area (Å²) in [5, 5.41) is 2.62. The molecule has 44 heavy (non-hydrogen) atoms. The van der Waals surface area contributed by atoms with Gasteiger partial charge in [-0.25, -0.2) is 9.59 Å². The second-order valence-corrected chi connectivity index (χ2v) is 11.7. The maximum Gasteiger partial charge on any atom is 0.338 e. The number of carbonyl (C=O) groups excluding carboxylic acids is 5. The molecule has 3 aliphatic rings. The van der Waals surface area contributed by atoms with Crippen LogP contribution in [0.3, 0.4) is 0 Å². The molecule has 2 aliphatic carbocycles. The fourth-order valence-corrected chi connectivity index (χ4v) is 7.06. The highest BCUT2D eigenvalue weighted by atomic mass is 16.5. The smallest absolute Gasteiger partial charge is 0.338 e. The van der Waals surface area contributed by atoms with Gasteiger partial charge in [0, 0.05) is 5.69 Å². The lowest BCUT2D eigenvalue weighted by Gasteiger charge is -2.28. The maximum absolute atomic E-state index is 13.7. The minimum atomic E-state index is -0.754. The molecule has 2 saturated carbocycles. The van der Waals surface area contributed by atoms with Gasteiger partial charge in [-0.05, 0) is 85.0 Å². The predicted molar refractivity (Wildman–Crippen MR) is 162 cm³/mol. The van der Waals surface area contributed by atoms with E-state index in [0.717, 1.165) is 25.7 Å². The molecule has 1 saturated heterocycles. The third-order valence-corrected chi connectivity index (χ3v) is 9.05. The average molecular weight is 595 g/mol. The van der Waals surface area contributed by atoms with Crippen molar-refractivity contribution >= 4 is 41.0 Å². The molecule has 2 bridgehead atoms. The largest absolute Gasteiger partial charge is 0.462 e.